The van der Waals surface area contributed by atoms with Gasteiger partial charge in [-0.25, -0.2) is 4.79 Å². The summed E-state index contributed by atoms with van der Waals surface area (Å²) in [5.74, 6) is -2.48. The first-order valence-electron chi connectivity index (χ1n) is 11.8. The number of aliphatic hydroxyl groups is 1. The predicted octanol–water partition coefficient (Wildman–Crippen LogP) is 3.00. The molecule has 4 rings (SSSR count). The van der Waals surface area contributed by atoms with E-state index in [0.29, 0.717) is 17.9 Å². The van der Waals surface area contributed by atoms with E-state index in [1.807, 2.05) is 66.7 Å². The second kappa shape index (κ2) is 11.6. The molecule has 1 aliphatic rings. The topological polar surface area (TPSA) is 105 Å². The van der Waals surface area contributed by atoms with E-state index >= 15 is 0 Å². The number of nitrogens with zero attached hydrogens (tertiary/aromatic N) is 1. The quantitative estimate of drug-likeness (QED) is 0.273. The minimum atomic E-state index is -2.04. The number of fused-ring (bicyclic) bond motifs is 3. The Labute approximate surface area is 209 Å². The van der Waals surface area contributed by atoms with Crippen molar-refractivity contribution in [1.82, 2.24) is 5.32 Å². The molecule has 1 aliphatic heterocycles. The number of nitrogens with one attached hydrogen (secondary N) is 1. The SMILES string of the molecule is CCOC(=O)C(O)C(=O)N[C@@H]1C(=O)N(CCOCc2ccccc2)c2ccccc2-c2ccccc21. The van der Waals surface area contributed by atoms with Crippen LogP contribution in [0.2, 0.25) is 0 Å². The van der Waals surface area contributed by atoms with Gasteiger partial charge in [0.1, 0.15) is 6.04 Å². The van der Waals surface area contributed by atoms with Crippen LogP contribution in [-0.2, 0) is 30.5 Å². The van der Waals surface area contributed by atoms with Gasteiger partial charge in [0.15, 0.2) is 0 Å². The average molecular weight is 489 g/mol. The van der Waals surface area contributed by atoms with E-state index in [2.05, 4.69) is 5.32 Å². The van der Waals surface area contributed by atoms with Crippen molar-refractivity contribution in [2.24, 2.45) is 0 Å². The van der Waals surface area contributed by atoms with Gasteiger partial charge in [0.25, 0.3) is 11.8 Å². The third-order valence-electron chi connectivity index (χ3n) is 5.89. The third kappa shape index (κ3) is 5.45. The van der Waals surface area contributed by atoms with Crippen LogP contribution in [0.25, 0.3) is 11.1 Å². The minimum absolute atomic E-state index is 0.0143. The highest BCUT2D eigenvalue weighted by atomic mass is 16.5. The van der Waals surface area contributed by atoms with Crippen molar-refractivity contribution in [3.05, 3.63) is 90.0 Å². The van der Waals surface area contributed by atoms with Crippen molar-refractivity contribution in [1.29, 1.82) is 0 Å². The van der Waals surface area contributed by atoms with Gasteiger partial charge in [0.05, 0.1) is 25.5 Å². The van der Waals surface area contributed by atoms with E-state index in [1.165, 1.54) is 0 Å². The Morgan fingerprint density at radius 2 is 1.64 bits per heavy atom. The smallest absolute Gasteiger partial charge is 0.344 e. The first-order chi connectivity index (χ1) is 17.5. The average Bonchev–Trinajstić information content (AvgIpc) is 3.00. The Bertz CT molecular complexity index is 1230. The minimum Gasteiger partial charge on any atom is -0.464 e. The van der Waals surface area contributed by atoms with Crippen LogP contribution in [-0.4, -0.2) is 48.8 Å². The molecule has 2 amide bonds. The molecule has 8 nitrogen and oxygen atoms in total. The second-order valence-corrected chi connectivity index (χ2v) is 8.23. The molecule has 0 saturated carbocycles. The summed E-state index contributed by atoms with van der Waals surface area (Å²) < 4.78 is 10.6. The van der Waals surface area contributed by atoms with Crippen LogP contribution in [0.4, 0.5) is 5.69 Å². The molecule has 0 radical (unpaired) electrons. The van der Waals surface area contributed by atoms with Gasteiger partial charge in [0, 0.05) is 12.1 Å². The number of aliphatic hydroxyl groups excluding tert-OH is 1. The molecule has 0 aliphatic carbocycles. The van der Waals surface area contributed by atoms with Crippen molar-refractivity contribution in [3.8, 4) is 11.1 Å². The third-order valence-corrected chi connectivity index (χ3v) is 5.89. The van der Waals surface area contributed by atoms with E-state index in [1.54, 1.807) is 24.0 Å². The molecule has 186 valence electrons. The van der Waals surface area contributed by atoms with Crippen molar-refractivity contribution in [2.45, 2.75) is 25.7 Å². The van der Waals surface area contributed by atoms with Gasteiger partial charge in [-0.2, -0.15) is 0 Å². The van der Waals surface area contributed by atoms with E-state index in [-0.39, 0.29) is 19.8 Å². The van der Waals surface area contributed by atoms with Gasteiger partial charge in [-0.1, -0.05) is 72.8 Å². The van der Waals surface area contributed by atoms with Crippen LogP contribution in [0.15, 0.2) is 78.9 Å². The van der Waals surface area contributed by atoms with Gasteiger partial charge < -0.3 is 24.8 Å². The molecule has 0 aromatic heterocycles. The summed E-state index contributed by atoms with van der Waals surface area (Å²) in [4.78, 5) is 40.1. The lowest BCUT2D eigenvalue weighted by atomic mass is 9.95. The first kappa shape index (κ1) is 25.1. The molecule has 8 heteroatoms. The summed E-state index contributed by atoms with van der Waals surface area (Å²) in [6.45, 7) is 2.49. The first-order valence-corrected chi connectivity index (χ1v) is 11.8. The highest BCUT2D eigenvalue weighted by molar-refractivity contribution is 6.08. The predicted molar refractivity (Wildman–Crippen MR) is 134 cm³/mol. The molecule has 36 heavy (non-hydrogen) atoms. The number of anilines is 1. The molecule has 3 aromatic carbocycles. The largest absolute Gasteiger partial charge is 0.464 e. The zero-order valence-electron chi connectivity index (χ0n) is 19.9. The lowest BCUT2D eigenvalue weighted by molar-refractivity contribution is -0.158. The Morgan fingerprint density at radius 3 is 2.39 bits per heavy atom. The maximum atomic E-state index is 13.8. The lowest BCUT2D eigenvalue weighted by Crippen LogP contribution is -2.48. The molecular formula is C28H28N2O6. The van der Waals surface area contributed by atoms with Gasteiger partial charge in [0.2, 0.25) is 6.10 Å². The fraction of sp³-hybridized carbons (Fsp3) is 0.250. The van der Waals surface area contributed by atoms with Gasteiger partial charge >= 0.3 is 5.97 Å². The number of ether oxygens (including phenoxy) is 2. The molecule has 2 N–H and O–H groups in total. The van der Waals surface area contributed by atoms with Gasteiger partial charge in [-0.3, -0.25) is 9.59 Å². The zero-order valence-corrected chi connectivity index (χ0v) is 19.9. The maximum Gasteiger partial charge on any atom is 0.344 e. The molecule has 0 spiro atoms. The number of para-hydroxylation sites is 1. The van der Waals surface area contributed by atoms with Gasteiger partial charge in [-0.15, -0.1) is 0 Å². The number of hydrogen-bond acceptors (Lipinski definition) is 6. The number of hydrogen-bond donors (Lipinski definition) is 2. The van der Waals surface area contributed by atoms with Crippen LogP contribution < -0.4 is 10.2 Å². The van der Waals surface area contributed by atoms with Crippen molar-refractivity contribution < 1.29 is 29.0 Å². The van der Waals surface area contributed by atoms with E-state index in [4.69, 9.17) is 9.47 Å². The fourth-order valence-electron chi connectivity index (χ4n) is 4.18. The molecule has 0 bridgehead atoms. The normalized spacial score (nSPS) is 15.3. The number of amides is 2. The van der Waals surface area contributed by atoms with Crippen molar-refractivity contribution in [2.75, 3.05) is 24.7 Å². The standard InChI is InChI=1S/C28H28N2O6/c1-2-36-28(34)25(31)26(32)29-24-22-14-7-6-12-20(22)21-13-8-9-15-23(21)30(27(24)33)16-17-35-18-19-10-4-3-5-11-19/h3-15,24-25,31H,2,16-18H2,1H3,(H,29,32)/t24-,25?/m0/s1. The summed E-state index contributed by atoms with van der Waals surface area (Å²) in [5, 5.41) is 12.7. The highest BCUT2D eigenvalue weighted by Gasteiger charge is 2.37. The van der Waals surface area contributed by atoms with Crippen LogP contribution in [0, 0.1) is 0 Å². The number of benzene rings is 3. The summed E-state index contributed by atoms with van der Waals surface area (Å²) in [6, 6.07) is 23.3. The summed E-state index contributed by atoms with van der Waals surface area (Å²) in [6.07, 6.45) is -2.04. The second-order valence-electron chi connectivity index (χ2n) is 8.23. The number of carbonyl (C=O) groups is 3. The maximum absolute atomic E-state index is 13.8. The van der Waals surface area contributed by atoms with E-state index in [9.17, 15) is 19.5 Å². The molecule has 0 fully saturated rings. The summed E-state index contributed by atoms with van der Waals surface area (Å²) in [7, 11) is 0. The highest BCUT2D eigenvalue weighted by Crippen LogP contribution is 2.40. The van der Waals surface area contributed by atoms with Crippen LogP contribution >= 0.6 is 0 Å². The zero-order chi connectivity index (χ0) is 25.5. The van der Waals surface area contributed by atoms with Crippen molar-refractivity contribution >= 4 is 23.5 Å². The van der Waals surface area contributed by atoms with Crippen LogP contribution in [0.5, 0.6) is 0 Å². The van der Waals surface area contributed by atoms with Crippen molar-refractivity contribution in [3.63, 3.8) is 0 Å². The van der Waals surface area contributed by atoms with Gasteiger partial charge in [-0.05, 0) is 29.7 Å². The van der Waals surface area contributed by atoms with E-state index < -0.39 is 29.9 Å². The fourth-order valence-corrected chi connectivity index (χ4v) is 4.18. The molecule has 1 unspecified atom stereocenters. The lowest BCUT2D eigenvalue weighted by Gasteiger charge is -2.27. The Hall–Kier alpha value is -4.01. The van der Waals surface area contributed by atoms with E-state index in [0.717, 1.165) is 16.7 Å². The van der Waals surface area contributed by atoms with Crippen LogP contribution in [0.1, 0.15) is 24.1 Å². The number of esters is 1. The number of carbonyl (C=O) groups excluding carboxylic acids is 3. The monoisotopic (exact) mass is 488 g/mol. The molecule has 2 atom stereocenters. The number of rotatable bonds is 9. The summed E-state index contributed by atoms with van der Waals surface area (Å²) in [5.41, 5.74) is 3.86. The Kier molecular flexibility index (Phi) is 8.10. The summed E-state index contributed by atoms with van der Waals surface area (Å²) >= 11 is 0. The molecule has 3 aromatic rings. The Balaban J connectivity index is 1.61. The molecule has 0 saturated heterocycles. The molecular weight excluding hydrogens is 460 g/mol. The van der Waals surface area contributed by atoms with Crippen LogP contribution in [0.3, 0.4) is 0 Å². The molecule has 1 heterocycles. The Morgan fingerprint density at radius 1 is 0.972 bits per heavy atom.